The summed E-state index contributed by atoms with van der Waals surface area (Å²) in [5.41, 5.74) is 3.17. The molecule has 0 amide bonds. The number of aliphatic hydroxyl groups is 1. The molecule has 0 spiro atoms. The first-order valence-electron chi connectivity index (χ1n) is 11.0. The van der Waals surface area contributed by atoms with Crippen molar-refractivity contribution in [2.45, 2.75) is 44.7 Å². The summed E-state index contributed by atoms with van der Waals surface area (Å²) in [6.45, 7) is 2.57. The average molecular weight is 521 g/mol. The zero-order valence-electron chi connectivity index (χ0n) is 19.9. The molecule has 0 bridgehead atoms. The standard InChI is InChI=1S/C22H28N5O8P/c1-4-15(19(29)32-3)26-36(31,35-14-8-6-5-7-9-14)33-12-16-18(28)22(2,13-23)20(34-16)27-11-10-17(24)25-21(27)30/h5-11,15-16,18,20,28H,4,12H2,1-3H3,(H,26,31)(H2,24,25,30)/t15-,16-,18-,20-,22-,36?/m1/s1. The van der Waals surface area contributed by atoms with Crippen LogP contribution in [0.4, 0.5) is 5.82 Å². The second-order valence-corrected chi connectivity index (χ2v) is 9.91. The molecule has 2 aromatic rings. The van der Waals surface area contributed by atoms with Crippen LogP contribution in [0.15, 0.2) is 47.4 Å². The van der Waals surface area contributed by atoms with E-state index in [2.05, 4.69) is 10.1 Å². The number of carbonyl (C=O) groups excluding carboxylic acids is 1. The third-order valence-electron chi connectivity index (χ3n) is 5.71. The van der Waals surface area contributed by atoms with Gasteiger partial charge in [0.15, 0.2) is 6.23 Å². The summed E-state index contributed by atoms with van der Waals surface area (Å²) >= 11 is 0. The Morgan fingerprint density at radius 3 is 2.69 bits per heavy atom. The van der Waals surface area contributed by atoms with Crippen LogP contribution in [0.5, 0.6) is 5.75 Å². The van der Waals surface area contributed by atoms with Crippen molar-refractivity contribution in [1.29, 1.82) is 5.26 Å². The van der Waals surface area contributed by atoms with Crippen molar-refractivity contribution < 1.29 is 33.0 Å². The van der Waals surface area contributed by atoms with E-state index in [1.54, 1.807) is 37.3 Å². The van der Waals surface area contributed by atoms with Crippen LogP contribution < -0.4 is 21.0 Å². The number of hydrogen-bond acceptors (Lipinski definition) is 11. The summed E-state index contributed by atoms with van der Waals surface area (Å²) in [6, 6.07) is 10.4. The molecule has 1 aromatic heterocycles. The molecule has 0 saturated carbocycles. The molecule has 1 aliphatic heterocycles. The minimum Gasteiger partial charge on any atom is -0.468 e. The zero-order chi connectivity index (χ0) is 26.5. The maximum atomic E-state index is 13.7. The molecule has 2 heterocycles. The Balaban J connectivity index is 1.86. The summed E-state index contributed by atoms with van der Waals surface area (Å²) in [7, 11) is -3.05. The van der Waals surface area contributed by atoms with Gasteiger partial charge in [0.1, 0.15) is 35.2 Å². The number of ether oxygens (including phenoxy) is 2. The maximum Gasteiger partial charge on any atom is 0.459 e. The fourth-order valence-electron chi connectivity index (χ4n) is 3.65. The van der Waals surface area contributed by atoms with Gasteiger partial charge in [-0.05, 0) is 31.5 Å². The molecular formula is C22H28N5O8P. The number of aromatic nitrogens is 2. The van der Waals surface area contributed by atoms with E-state index >= 15 is 0 Å². The lowest BCUT2D eigenvalue weighted by molar-refractivity contribution is -0.142. The van der Waals surface area contributed by atoms with Crippen LogP contribution in [-0.4, -0.2) is 52.6 Å². The first-order chi connectivity index (χ1) is 17.1. The molecule has 3 rings (SSSR count). The molecule has 194 valence electrons. The predicted octanol–water partition coefficient (Wildman–Crippen LogP) is 1.36. The second kappa shape index (κ2) is 11.2. The van der Waals surface area contributed by atoms with Gasteiger partial charge in [-0.2, -0.15) is 15.3 Å². The number of nitrogens with one attached hydrogen (secondary N) is 1. The van der Waals surface area contributed by atoms with Crippen LogP contribution in [0.2, 0.25) is 0 Å². The number of esters is 1. The van der Waals surface area contributed by atoms with Crippen LogP contribution >= 0.6 is 7.75 Å². The van der Waals surface area contributed by atoms with E-state index in [-0.39, 0.29) is 18.0 Å². The number of carbonyl (C=O) groups is 1. The van der Waals surface area contributed by atoms with Crippen molar-refractivity contribution in [2.24, 2.45) is 5.41 Å². The topological polar surface area (TPSA) is 188 Å². The molecule has 1 saturated heterocycles. The van der Waals surface area contributed by atoms with Gasteiger partial charge in [-0.15, -0.1) is 0 Å². The number of anilines is 1. The number of methoxy groups -OCH3 is 1. The Morgan fingerprint density at radius 1 is 1.42 bits per heavy atom. The van der Waals surface area contributed by atoms with Crippen LogP contribution in [-0.2, 0) is 23.4 Å². The lowest BCUT2D eigenvalue weighted by Gasteiger charge is -2.26. The van der Waals surface area contributed by atoms with Gasteiger partial charge in [0.2, 0.25) is 0 Å². The van der Waals surface area contributed by atoms with Gasteiger partial charge in [0.05, 0.1) is 19.8 Å². The molecule has 36 heavy (non-hydrogen) atoms. The fourth-order valence-corrected chi connectivity index (χ4v) is 5.24. The molecular weight excluding hydrogens is 493 g/mol. The average Bonchev–Trinajstić information content (AvgIpc) is 3.12. The highest BCUT2D eigenvalue weighted by atomic mass is 31.2. The highest BCUT2D eigenvalue weighted by molar-refractivity contribution is 7.52. The van der Waals surface area contributed by atoms with E-state index in [4.69, 9.17) is 24.3 Å². The van der Waals surface area contributed by atoms with Gasteiger partial charge in [-0.1, -0.05) is 25.1 Å². The highest BCUT2D eigenvalue weighted by Gasteiger charge is 2.55. The van der Waals surface area contributed by atoms with Crippen LogP contribution in [0.1, 0.15) is 26.5 Å². The molecule has 14 heteroatoms. The SMILES string of the molecule is CC[C@@H](NP(=O)(OC[C@H]1O[C@@H](n2ccc(N)nc2=O)[C@](C)(C#N)[C@@H]1O)Oc1ccccc1)C(=O)OC. The summed E-state index contributed by atoms with van der Waals surface area (Å²) in [6.07, 6.45) is -2.38. The number of benzene rings is 1. The van der Waals surface area contributed by atoms with Crippen molar-refractivity contribution >= 4 is 19.5 Å². The minimum atomic E-state index is -4.24. The fraction of sp³-hybridized carbons (Fsp3) is 0.455. The van der Waals surface area contributed by atoms with Gasteiger partial charge in [-0.3, -0.25) is 13.9 Å². The van der Waals surface area contributed by atoms with Crippen LogP contribution in [0, 0.1) is 16.7 Å². The second-order valence-electron chi connectivity index (χ2n) is 8.22. The van der Waals surface area contributed by atoms with E-state index in [0.29, 0.717) is 0 Å². The van der Waals surface area contributed by atoms with Crippen molar-refractivity contribution in [1.82, 2.24) is 14.6 Å². The quantitative estimate of drug-likeness (QED) is 0.301. The molecule has 1 aromatic carbocycles. The van der Waals surface area contributed by atoms with Crippen molar-refractivity contribution in [3.05, 3.63) is 53.1 Å². The Kier molecular flexibility index (Phi) is 8.50. The summed E-state index contributed by atoms with van der Waals surface area (Å²) in [5.74, 6) is -0.503. The van der Waals surface area contributed by atoms with Crippen LogP contribution in [0.3, 0.4) is 0 Å². The van der Waals surface area contributed by atoms with Crippen molar-refractivity contribution in [3.8, 4) is 11.8 Å². The van der Waals surface area contributed by atoms with Gasteiger partial charge in [-0.25, -0.2) is 9.36 Å². The van der Waals surface area contributed by atoms with Gasteiger partial charge >= 0.3 is 19.4 Å². The third-order valence-corrected chi connectivity index (χ3v) is 7.28. The minimum absolute atomic E-state index is 0.0190. The van der Waals surface area contributed by atoms with E-state index in [0.717, 1.165) is 4.57 Å². The molecule has 0 radical (unpaired) electrons. The van der Waals surface area contributed by atoms with E-state index in [1.165, 1.54) is 26.3 Å². The monoisotopic (exact) mass is 521 g/mol. The Labute approximate surface area is 207 Å². The molecule has 1 aliphatic rings. The largest absolute Gasteiger partial charge is 0.468 e. The zero-order valence-corrected chi connectivity index (χ0v) is 20.8. The normalized spacial score (nSPS) is 25.9. The Hall–Kier alpha value is -3.27. The van der Waals surface area contributed by atoms with Crippen molar-refractivity contribution in [2.75, 3.05) is 19.5 Å². The molecule has 1 unspecified atom stereocenters. The predicted molar refractivity (Wildman–Crippen MR) is 126 cm³/mol. The molecule has 6 atom stereocenters. The highest BCUT2D eigenvalue weighted by Crippen LogP contribution is 2.49. The van der Waals surface area contributed by atoms with Crippen molar-refractivity contribution in [3.63, 3.8) is 0 Å². The first kappa shape index (κ1) is 27.3. The molecule has 1 fully saturated rings. The number of nitrogen functional groups attached to an aromatic ring is 1. The first-order valence-corrected chi connectivity index (χ1v) is 12.6. The number of nitriles is 1. The number of rotatable bonds is 10. The molecule has 0 aliphatic carbocycles. The summed E-state index contributed by atoms with van der Waals surface area (Å²) in [5, 5.41) is 23.3. The van der Waals surface area contributed by atoms with Gasteiger partial charge < -0.3 is 24.8 Å². The smallest absolute Gasteiger partial charge is 0.459 e. The lowest BCUT2D eigenvalue weighted by atomic mass is 9.84. The number of nitrogens with zero attached hydrogens (tertiary/aromatic N) is 3. The molecule has 4 N–H and O–H groups in total. The molecule has 13 nitrogen and oxygen atoms in total. The van der Waals surface area contributed by atoms with E-state index in [9.17, 15) is 24.5 Å². The number of nitrogens with two attached hydrogens (primary N) is 1. The number of para-hydroxylation sites is 1. The summed E-state index contributed by atoms with van der Waals surface area (Å²) < 4.78 is 36.4. The van der Waals surface area contributed by atoms with Crippen LogP contribution in [0.25, 0.3) is 0 Å². The number of aliphatic hydroxyl groups excluding tert-OH is 1. The summed E-state index contributed by atoms with van der Waals surface area (Å²) in [4.78, 5) is 28.1. The lowest BCUT2D eigenvalue weighted by Crippen LogP contribution is -2.40. The van der Waals surface area contributed by atoms with Gasteiger partial charge in [0.25, 0.3) is 0 Å². The number of hydrogen-bond donors (Lipinski definition) is 3. The van der Waals surface area contributed by atoms with E-state index < -0.39 is 55.9 Å². The Morgan fingerprint density at radius 2 is 2.11 bits per heavy atom. The maximum absolute atomic E-state index is 13.7. The Bertz CT molecular complexity index is 1220. The van der Waals surface area contributed by atoms with Gasteiger partial charge in [0, 0.05) is 6.20 Å². The van der Waals surface area contributed by atoms with E-state index in [1.807, 2.05) is 6.07 Å². The third kappa shape index (κ3) is 5.75.